The molecule has 7 heteroatoms. The van der Waals surface area contributed by atoms with Gasteiger partial charge in [-0.3, -0.25) is 9.20 Å². The Kier molecular flexibility index (Phi) is 3.42. The number of pyridine rings is 1. The van der Waals surface area contributed by atoms with Crippen molar-refractivity contribution in [3.8, 4) is 6.07 Å². The number of carbonyl (C=O) groups excluding carboxylic acids is 1. The maximum absolute atomic E-state index is 12.0. The van der Waals surface area contributed by atoms with Crippen molar-refractivity contribution in [2.75, 3.05) is 5.32 Å². The number of nitrogens with one attached hydrogen (secondary N) is 1. The first-order valence-corrected chi connectivity index (χ1v) is 6.51. The molecular weight excluding hydrogens is 282 g/mol. The number of rotatable bonds is 3. The lowest BCUT2D eigenvalue weighted by Crippen LogP contribution is -2.28. The molecule has 2 aromatic heterocycles. The number of fused-ring (bicyclic) bond motifs is 1. The van der Waals surface area contributed by atoms with Crippen LogP contribution in [0.25, 0.3) is 5.65 Å². The average molecular weight is 293 g/mol. The summed E-state index contributed by atoms with van der Waals surface area (Å²) in [5.74, 6) is -0.366. The van der Waals surface area contributed by atoms with Crippen LogP contribution >= 0.6 is 0 Å². The molecule has 1 amide bonds. The number of hydrogen-bond donors (Lipinski definition) is 1. The molecule has 7 nitrogen and oxygen atoms in total. The molecule has 0 aliphatic heterocycles. The topological polar surface area (TPSA) is 92.2 Å². The molecule has 0 radical (unpaired) electrons. The number of nitriles is 1. The molecule has 108 valence electrons. The van der Waals surface area contributed by atoms with Crippen LogP contribution in [0.4, 0.5) is 5.69 Å². The summed E-state index contributed by atoms with van der Waals surface area (Å²) >= 11 is 0. The Morgan fingerprint density at radius 1 is 1.23 bits per heavy atom. The summed E-state index contributed by atoms with van der Waals surface area (Å²) in [6.45, 7) is -0.180. The predicted molar refractivity (Wildman–Crippen MR) is 79.2 cm³/mol. The van der Waals surface area contributed by atoms with E-state index < -0.39 is 0 Å². The highest BCUT2D eigenvalue weighted by atomic mass is 16.2. The zero-order chi connectivity index (χ0) is 15.5. The molecule has 0 saturated carbocycles. The number of benzene rings is 1. The van der Waals surface area contributed by atoms with Gasteiger partial charge in [0.25, 0.3) is 0 Å². The summed E-state index contributed by atoms with van der Waals surface area (Å²) in [6.07, 6.45) is 1.60. The minimum absolute atomic E-state index is 0.180. The van der Waals surface area contributed by atoms with Crippen molar-refractivity contribution in [3.63, 3.8) is 0 Å². The number of nitrogens with zero attached hydrogens (tertiary/aromatic N) is 4. The van der Waals surface area contributed by atoms with Crippen molar-refractivity contribution in [3.05, 3.63) is 64.7 Å². The third kappa shape index (κ3) is 2.58. The normalized spacial score (nSPS) is 10.3. The molecule has 0 atom stereocenters. The molecule has 3 rings (SSSR count). The largest absolute Gasteiger partial charge is 0.350 e. The third-order valence-corrected chi connectivity index (χ3v) is 3.08. The molecule has 1 N–H and O–H groups in total. The van der Waals surface area contributed by atoms with Gasteiger partial charge in [0.1, 0.15) is 6.54 Å². The molecule has 2 heterocycles. The van der Waals surface area contributed by atoms with Gasteiger partial charge in [0.05, 0.1) is 11.6 Å². The zero-order valence-electron chi connectivity index (χ0n) is 11.4. The minimum Gasteiger partial charge on any atom is -0.324 e. The molecule has 0 fully saturated rings. The van der Waals surface area contributed by atoms with Gasteiger partial charge in [0, 0.05) is 11.9 Å². The molecule has 0 saturated heterocycles. The Bertz CT molecular complexity index is 931. The molecule has 0 spiro atoms. The fraction of sp³-hybridized carbons (Fsp3) is 0.0667. The summed E-state index contributed by atoms with van der Waals surface area (Å²) in [7, 11) is 0. The Balaban J connectivity index is 1.77. The van der Waals surface area contributed by atoms with E-state index in [9.17, 15) is 9.59 Å². The molecule has 0 aliphatic carbocycles. The first-order valence-electron chi connectivity index (χ1n) is 6.51. The molecule has 0 aliphatic rings. The van der Waals surface area contributed by atoms with Gasteiger partial charge in [-0.1, -0.05) is 6.07 Å². The molecule has 22 heavy (non-hydrogen) atoms. The number of carbonyl (C=O) groups is 1. The second-order valence-electron chi connectivity index (χ2n) is 4.61. The van der Waals surface area contributed by atoms with Crippen molar-refractivity contribution in [2.24, 2.45) is 0 Å². The van der Waals surface area contributed by atoms with Gasteiger partial charge >= 0.3 is 5.69 Å². The number of amides is 1. The van der Waals surface area contributed by atoms with Crippen molar-refractivity contribution in [1.29, 1.82) is 5.26 Å². The van der Waals surface area contributed by atoms with Crippen LogP contribution in [0.15, 0.2) is 53.5 Å². The van der Waals surface area contributed by atoms with Gasteiger partial charge in [-0.05, 0) is 36.4 Å². The van der Waals surface area contributed by atoms with Gasteiger partial charge in [-0.25, -0.2) is 9.48 Å². The lowest BCUT2D eigenvalue weighted by atomic mass is 10.2. The Labute approximate surface area is 125 Å². The van der Waals surface area contributed by atoms with Crippen LogP contribution in [0.1, 0.15) is 5.56 Å². The first kappa shape index (κ1) is 13.6. The molecular formula is C15H11N5O2. The van der Waals surface area contributed by atoms with Crippen molar-refractivity contribution in [1.82, 2.24) is 14.2 Å². The highest BCUT2D eigenvalue weighted by Crippen LogP contribution is 2.08. The minimum atomic E-state index is -0.370. The van der Waals surface area contributed by atoms with Crippen molar-refractivity contribution < 1.29 is 4.79 Å². The van der Waals surface area contributed by atoms with E-state index in [4.69, 9.17) is 5.26 Å². The van der Waals surface area contributed by atoms with Gasteiger partial charge < -0.3 is 5.32 Å². The van der Waals surface area contributed by atoms with Crippen LogP contribution in [0.5, 0.6) is 0 Å². The first-order chi connectivity index (χ1) is 10.7. The molecule has 0 unspecified atom stereocenters. The monoisotopic (exact) mass is 293 g/mol. The SMILES string of the molecule is N#Cc1ccc(NC(=O)Cn2nc3ccccn3c2=O)cc1. The lowest BCUT2D eigenvalue weighted by Gasteiger charge is -2.04. The van der Waals surface area contributed by atoms with Crippen molar-refractivity contribution in [2.45, 2.75) is 6.54 Å². The Morgan fingerprint density at radius 3 is 2.68 bits per heavy atom. The third-order valence-electron chi connectivity index (χ3n) is 3.08. The van der Waals surface area contributed by atoms with Crippen LogP contribution in [-0.4, -0.2) is 20.1 Å². The number of aromatic nitrogens is 3. The van der Waals surface area contributed by atoms with Crippen LogP contribution in [0.2, 0.25) is 0 Å². The molecule has 0 bridgehead atoms. The van der Waals surface area contributed by atoms with E-state index in [-0.39, 0.29) is 18.1 Å². The Hall–Kier alpha value is -3.40. The highest BCUT2D eigenvalue weighted by molar-refractivity contribution is 5.90. The highest BCUT2D eigenvalue weighted by Gasteiger charge is 2.10. The maximum Gasteiger partial charge on any atom is 0.350 e. The van der Waals surface area contributed by atoms with Gasteiger partial charge in [0.2, 0.25) is 5.91 Å². The summed E-state index contributed by atoms with van der Waals surface area (Å²) < 4.78 is 2.48. The van der Waals surface area contributed by atoms with Crippen LogP contribution in [0, 0.1) is 11.3 Å². The van der Waals surface area contributed by atoms with E-state index in [0.717, 1.165) is 4.68 Å². The van der Waals surface area contributed by atoms with E-state index in [1.165, 1.54) is 4.40 Å². The van der Waals surface area contributed by atoms with E-state index in [0.29, 0.717) is 16.9 Å². The summed E-state index contributed by atoms with van der Waals surface area (Å²) in [5, 5.41) is 15.5. The molecule has 1 aromatic carbocycles. The molecule has 3 aromatic rings. The van der Waals surface area contributed by atoms with Crippen LogP contribution in [0.3, 0.4) is 0 Å². The number of anilines is 1. The van der Waals surface area contributed by atoms with Crippen LogP contribution in [-0.2, 0) is 11.3 Å². The van der Waals surface area contributed by atoms with E-state index >= 15 is 0 Å². The smallest absolute Gasteiger partial charge is 0.324 e. The summed E-state index contributed by atoms with van der Waals surface area (Å²) in [6, 6.07) is 13.6. The second-order valence-corrected chi connectivity index (χ2v) is 4.61. The van der Waals surface area contributed by atoms with Crippen LogP contribution < -0.4 is 11.0 Å². The standard InChI is InChI=1S/C15H11N5O2/c16-9-11-4-6-12(7-5-11)17-14(21)10-20-15(22)19-8-2-1-3-13(19)18-20/h1-8H,10H2,(H,17,21). The fourth-order valence-electron chi connectivity index (χ4n) is 2.04. The quantitative estimate of drug-likeness (QED) is 0.780. The Morgan fingerprint density at radius 2 is 2.00 bits per heavy atom. The van der Waals surface area contributed by atoms with Gasteiger partial charge in [0.15, 0.2) is 5.65 Å². The predicted octanol–water partition coefficient (Wildman–Crippen LogP) is 1.01. The van der Waals surface area contributed by atoms with E-state index in [1.807, 2.05) is 6.07 Å². The average Bonchev–Trinajstić information content (AvgIpc) is 2.84. The zero-order valence-corrected chi connectivity index (χ0v) is 11.4. The van der Waals surface area contributed by atoms with E-state index in [1.54, 1.807) is 48.7 Å². The summed E-state index contributed by atoms with van der Waals surface area (Å²) in [4.78, 5) is 24.0. The second kappa shape index (κ2) is 5.54. The summed E-state index contributed by atoms with van der Waals surface area (Å²) in [5.41, 5.74) is 1.18. The van der Waals surface area contributed by atoms with E-state index in [2.05, 4.69) is 10.4 Å². The van der Waals surface area contributed by atoms with Gasteiger partial charge in [-0.15, -0.1) is 5.10 Å². The fourth-order valence-corrected chi connectivity index (χ4v) is 2.04. The maximum atomic E-state index is 12.0. The van der Waals surface area contributed by atoms with Crippen molar-refractivity contribution >= 4 is 17.2 Å². The lowest BCUT2D eigenvalue weighted by molar-refractivity contribution is -0.117. The van der Waals surface area contributed by atoms with Gasteiger partial charge in [-0.2, -0.15) is 5.26 Å². The number of hydrogen-bond acceptors (Lipinski definition) is 4.